The van der Waals surface area contributed by atoms with Gasteiger partial charge in [0, 0.05) is 19.3 Å². The van der Waals surface area contributed by atoms with Gasteiger partial charge in [-0.15, -0.1) is 0 Å². The lowest BCUT2D eigenvalue weighted by Crippen LogP contribution is -2.30. The molecule has 1 atom stereocenters. The van der Waals surface area contributed by atoms with Crippen LogP contribution in [0.4, 0.5) is 0 Å². The van der Waals surface area contributed by atoms with Crippen LogP contribution in [0.2, 0.25) is 0 Å². The summed E-state index contributed by atoms with van der Waals surface area (Å²) in [6.45, 7) is 6.56. The maximum Gasteiger partial charge on any atom is 0.306 e. The van der Waals surface area contributed by atoms with Gasteiger partial charge in [0.25, 0.3) is 0 Å². The van der Waals surface area contributed by atoms with E-state index in [2.05, 4.69) is 69.4 Å². The molecule has 0 aromatic heterocycles. The molecule has 0 spiro atoms. The first-order valence-electron chi connectivity index (χ1n) is 27.1. The van der Waals surface area contributed by atoms with Gasteiger partial charge >= 0.3 is 17.9 Å². The van der Waals surface area contributed by atoms with Crippen LogP contribution in [0.3, 0.4) is 0 Å². The summed E-state index contributed by atoms with van der Waals surface area (Å²) in [6, 6.07) is 0. The van der Waals surface area contributed by atoms with E-state index in [-0.39, 0.29) is 31.1 Å². The molecule has 0 aliphatic carbocycles. The molecule has 0 amide bonds. The van der Waals surface area contributed by atoms with Gasteiger partial charge in [0.1, 0.15) is 13.2 Å². The van der Waals surface area contributed by atoms with Crippen molar-refractivity contribution in [1.29, 1.82) is 0 Å². The van der Waals surface area contributed by atoms with Crippen LogP contribution < -0.4 is 0 Å². The summed E-state index contributed by atoms with van der Waals surface area (Å²) in [5, 5.41) is 0. The van der Waals surface area contributed by atoms with Crippen molar-refractivity contribution in [1.82, 2.24) is 0 Å². The Balaban J connectivity index is 4.13. The van der Waals surface area contributed by atoms with Crippen LogP contribution in [-0.2, 0) is 28.6 Å². The van der Waals surface area contributed by atoms with Crippen LogP contribution in [0.5, 0.6) is 0 Å². The van der Waals surface area contributed by atoms with E-state index in [0.717, 1.165) is 77.0 Å². The van der Waals surface area contributed by atoms with Gasteiger partial charge in [-0.3, -0.25) is 14.4 Å². The van der Waals surface area contributed by atoms with E-state index in [9.17, 15) is 14.4 Å². The fraction of sp³-hybridized carbons (Fsp3) is 0.807. The lowest BCUT2D eigenvalue weighted by Gasteiger charge is -2.18. The van der Waals surface area contributed by atoms with Crippen LogP contribution in [-0.4, -0.2) is 37.2 Å². The highest BCUT2D eigenvalue weighted by atomic mass is 16.6. The fourth-order valence-electron chi connectivity index (χ4n) is 7.68. The zero-order chi connectivity index (χ0) is 45.8. The van der Waals surface area contributed by atoms with E-state index in [4.69, 9.17) is 14.2 Å². The van der Waals surface area contributed by atoms with Crippen LogP contribution >= 0.6 is 0 Å². The second-order valence-corrected chi connectivity index (χ2v) is 18.1. The first-order chi connectivity index (χ1) is 31.0. The molecule has 366 valence electrons. The molecule has 0 fully saturated rings. The third kappa shape index (κ3) is 50.2. The number of rotatable bonds is 49. The molecule has 63 heavy (non-hydrogen) atoms. The number of carbonyl (C=O) groups excluding carboxylic acids is 3. The van der Waals surface area contributed by atoms with Gasteiger partial charge in [0.2, 0.25) is 0 Å². The molecule has 0 aliphatic heterocycles. The summed E-state index contributed by atoms with van der Waals surface area (Å²) >= 11 is 0. The summed E-state index contributed by atoms with van der Waals surface area (Å²) < 4.78 is 16.7. The van der Waals surface area contributed by atoms with Gasteiger partial charge in [-0.2, -0.15) is 0 Å². The molecule has 0 bridgehead atoms. The average Bonchev–Trinajstić information content (AvgIpc) is 3.28. The first-order valence-corrected chi connectivity index (χ1v) is 27.1. The highest BCUT2D eigenvalue weighted by molar-refractivity contribution is 5.71. The Bertz CT molecular complexity index is 1110. The summed E-state index contributed by atoms with van der Waals surface area (Å²) in [4.78, 5) is 37.8. The number of allylic oxidation sites excluding steroid dienone is 8. The van der Waals surface area contributed by atoms with Crippen molar-refractivity contribution in [3.8, 4) is 0 Å². The van der Waals surface area contributed by atoms with Gasteiger partial charge in [-0.05, 0) is 83.5 Å². The highest BCUT2D eigenvalue weighted by Gasteiger charge is 2.19. The van der Waals surface area contributed by atoms with E-state index in [1.165, 1.54) is 161 Å². The minimum absolute atomic E-state index is 0.0767. The molecule has 0 N–H and O–H groups in total. The fourth-order valence-corrected chi connectivity index (χ4v) is 7.68. The molecule has 0 saturated heterocycles. The van der Waals surface area contributed by atoms with Crippen molar-refractivity contribution >= 4 is 17.9 Å². The maximum absolute atomic E-state index is 12.7. The predicted octanol–water partition coefficient (Wildman–Crippen LogP) is 17.9. The third-order valence-electron chi connectivity index (χ3n) is 11.8. The normalized spacial score (nSPS) is 12.4. The predicted molar refractivity (Wildman–Crippen MR) is 270 cm³/mol. The van der Waals surface area contributed by atoms with E-state index < -0.39 is 6.10 Å². The van der Waals surface area contributed by atoms with E-state index >= 15 is 0 Å². The van der Waals surface area contributed by atoms with Crippen molar-refractivity contribution in [2.24, 2.45) is 0 Å². The molecule has 0 aromatic carbocycles. The van der Waals surface area contributed by atoms with E-state index in [1.54, 1.807) is 0 Å². The number of hydrogen-bond donors (Lipinski definition) is 0. The largest absolute Gasteiger partial charge is 0.462 e. The molecule has 6 heteroatoms. The van der Waals surface area contributed by atoms with Crippen LogP contribution in [0, 0.1) is 0 Å². The highest BCUT2D eigenvalue weighted by Crippen LogP contribution is 2.15. The second kappa shape index (κ2) is 52.0. The quantitative estimate of drug-likeness (QED) is 0.0262. The minimum Gasteiger partial charge on any atom is -0.462 e. The Morgan fingerprint density at radius 3 is 0.905 bits per heavy atom. The van der Waals surface area contributed by atoms with Crippen molar-refractivity contribution in [3.05, 3.63) is 48.6 Å². The number of hydrogen-bond acceptors (Lipinski definition) is 6. The van der Waals surface area contributed by atoms with Gasteiger partial charge in [0.15, 0.2) is 6.10 Å². The SMILES string of the molecule is CCCCCCC/C=C\C/C=C\C/C=C\CCCCCCCCCCCCC(=O)OCC(COC(=O)CCCCCCCC)OC(=O)CCCCCCC/C=C\CCCCCCC. The number of esters is 3. The summed E-state index contributed by atoms with van der Waals surface area (Å²) in [5.74, 6) is -0.892. The number of ether oxygens (including phenoxy) is 3. The van der Waals surface area contributed by atoms with Crippen molar-refractivity contribution in [3.63, 3.8) is 0 Å². The summed E-state index contributed by atoms with van der Waals surface area (Å²) in [5.41, 5.74) is 0. The summed E-state index contributed by atoms with van der Waals surface area (Å²) in [6.07, 6.45) is 62.7. The Hall–Kier alpha value is -2.63. The molecule has 0 heterocycles. The lowest BCUT2D eigenvalue weighted by molar-refractivity contribution is -0.167. The zero-order valence-electron chi connectivity index (χ0n) is 41.8. The molecule has 0 aliphatic rings. The average molecular weight is 883 g/mol. The molecule has 0 aromatic rings. The molecule has 0 rings (SSSR count). The Morgan fingerprint density at radius 1 is 0.317 bits per heavy atom. The zero-order valence-corrected chi connectivity index (χ0v) is 41.8. The number of unbranched alkanes of at least 4 members (excludes halogenated alkanes) is 30. The number of carbonyl (C=O) groups is 3. The van der Waals surface area contributed by atoms with Crippen LogP contribution in [0.25, 0.3) is 0 Å². The third-order valence-corrected chi connectivity index (χ3v) is 11.8. The van der Waals surface area contributed by atoms with Crippen molar-refractivity contribution < 1.29 is 28.6 Å². The monoisotopic (exact) mass is 883 g/mol. The van der Waals surface area contributed by atoms with Crippen molar-refractivity contribution in [2.45, 2.75) is 284 Å². The van der Waals surface area contributed by atoms with Gasteiger partial charge < -0.3 is 14.2 Å². The molecular formula is C57H102O6. The molecule has 0 saturated carbocycles. The summed E-state index contributed by atoms with van der Waals surface area (Å²) in [7, 11) is 0. The molecule has 1 unspecified atom stereocenters. The smallest absolute Gasteiger partial charge is 0.306 e. The van der Waals surface area contributed by atoms with Gasteiger partial charge in [-0.1, -0.05) is 223 Å². The maximum atomic E-state index is 12.7. The van der Waals surface area contributed by atoms with E-state index in [0.29, 0.717) is 19.3 Å². The lowest BCUT2D eigenvalue weighted by atomic mass is 10.1. The second-order valence-electron chi connectivity index (χ2n) is 18.1. The molecule has 0 radical (unpaired) electrons. The van der Waals surface area contributed by atoms with E-state index in [1.807, 2.05) is 0 Å². The minimum atomic E-state index is -0.774. The van der Waals surface area contributed by atoms with Crippen LogP contribution in [0.1, 0.15) is 278 Å². The molecule has 6 nitrogen and oxygen atoms in total. The van der Waals surface area contributed by atoms with Crippen molar-refractivity contribution in [2.75, 3.05) is 13.2 Å². The van der Waals surface area contributed by atoms with Gasteiger partial charge in [-0.25, -0.2) is 0 Å². The van der Waals surface area contributed by atoms with Gasteiger partial charge in [0.05, 0.1) is 0 Å². The Morgan fingerprint density at radius 2 is 0.571 bits per heavy atom. The Kier molecular flexibility index (Phi) is 49.8. The Labute approximate surface area is 390 Å². The molecular weight excluding hydrogens is 781 g/mol. The topological polar surface area (TPSA) is 78.9 Å². The standard InChI is InChI=1S/C57H102O6/c1-4-7-10-13-16-18-20-22-24-25-26-27-28-29-30-31-32-33-34-36-37-39-41-44-47-50-56(59)62-53-54(52-61-55(58)49-46-43-15-12-9-6-3)63-57(60)51-48-45-42-40-38-35-23-21-19-17-14-11-8-5-2/h20-23,25-26,28-29,54H,4-19,24,27,30-53H2,1-3H3/b22-20-,23-21-,26-25-,29-28-. The first kappa shape index (κ1) is 60.4. The van der Waals surface area contributed by atoms with Crippen LogP contribution in [0.15, 0.2) is 48.6 Å².